The lowest BCUT2D eigenvalue weighted by Crippen LogP contribution is -2.15. The van der Waals surface area contributed by atoms with Gasteiger partial charge in [-0.2, -0.15) is 58.9 Å². The molecule has 0 amide bonds. The minimum atomic E-state index is -4.24. The van der Waals surface area contributed by atoms with Crippen LogP contribution in [0.15, 0.2) is 48.5 Å². The molecule has 0 aliphatic rings. The topological polar surface area (TPSA) is 358 Å². The van der Waals surface area contributed by atoms with Gasteiger partial charge in [-0.15, -0.1) is 4.33 Å². The van der Waals surface area contributed by atoms with Crippen LogP contribution in [0, 0.1) is 6.92 Å². The van der Waals surface area contributed by atoms with Crippen molar-refractivity contribution in [2.45, 2.75) is 13.8 Å². The summed E-state index contributed by atoms with van der Waals surface area (Å²) in [6.07, 6.45) is 5.38. The van der Waals surface area contributed by atoms with Gasteiger partial charge in [-0.3, -0.25) is 0 Å². The second-order valence-corrected chi connectivity index (χ2v) is 23.4. The van der Waals surface area contributed by atoms with Crippen molar-refractivity contribution >= 4 is 89.1 Å². The summed E-state index contributed by atoms with van der Waals surface area (Å²) in [6.45, 7) is 2.97. The van der Waals surface area contributed by atoms with Gasteiger partial charge >= 0.3 is 76.8 Å². The second kappa shape index (κ2) is 23.1. The molecule has 0 heterocycles. The normalized spacial score (nSPS) is 12.2. The fourth-order valence-corrected chi connectivity index (χ4v) is 7.34. The van der Waals surface area contributed by atoms with Crippen LogP contribution >= 0.6 is 12.3 Å². The lowest BCUT2D eigenvalue weighted by molar-refractivity contribution is -0.164. The van der Waals surface area contributed by atoms with E-state index in [0.29, 0.717) is 36.7 Å². The first-order chi connectivity index (χ1) is 28.8. The van der Waals surface area contributed by atoms with Gasteiger partial charge in [-0.1, -0.05) is 6.07 Å². The molecule has 0 aliphatic heterocycles. The first-order valence-electron chi connectivity index (χ1n) is 16.2. The van der Waals surface area contributed by atoms with Crippen LogP contribution in [0.5, 0.6) is 46.0 Å². The summed E-state index contributed by atoms with van der Waals surface area (Å²) in [5, 5.41) is 0. The van der Waals surface area contributed by atoms with Gasteiger partial charge in [0.25, 0.3) is 12.3 Å². The predicted octanol–water partition coefficient (Wildman–Crippen LogP) is 1.43. The molecular formula is C30H40O26S8. The Morgan fingerprint density at radius 1 is 0.500 bits per heavy atom. The molecule has 0 fully saturated rings. The Balaban J connectivity index is 0.000000491. The van der Waals surface area contributed by atoms with Crippen molar-refractivity contribution in [3.8, 4) is 46.0 Å². The molecule has 0 radical (unpaired) electrons. The second-order valence-electron chi connectivity index (χ2n) is 11.9. The molecule has 0 spiro atoms. The van der Waals surface area contributed by atoms with E-state index in [2.05, 4.69) is 38.5 Å². The number of carbonyl (C=O) groups is 1. The van der Waals surface area contributed by atoms with E-state index in [1.165, 1.54) is 51.3 Å². The summed E-state index contributed by atoms with van der Waals surface area (Å²) in [5.41, 5.74) is -0.0617. The molecule has 364 valence electrons. The molecule has 0 aromatic heterocycles. The zero-order valence-electron chi connectivity index (χ0n) is 34.7. The molecular weight excluding hydrogens is 1030 g/mol. The summed E-state index contributed by atoms with van der Waals surface area (Å²) in [6, 6.07) is 9.36. The van der Waals surface area contributed by atoms with E-state index in [1.54, 1.807) is 0 Å². The third-order valence-corrected chi connectivity index (χ3v) is 9.38. The molecule has 3 aromatic rings. The van der Waals surface area contributed by atoms with Crippen LogP contribution in [-0.4, -0.2) is 122 Å². The molecule has 3 aromatic carbocycles. The standard InChI is InChI=1S/C12H16O11S3.C9H12O9S3.C9H12O6S2/c1-5-20-12(13)8-6-9(21-24(2,14)15)11(23-26(4,18)19)10(7-8)22-25(3,16)17;1-14-18-19-15-7-4-8(16-20(2,10)11)6-9(5-7)17-21(3,12)13;1-7-8(14-16(2,10)11)5-4-6-9(7)15-17(3,12)13/h6-7H,5H2,1-4H3;4-6H,1-3H3;4-6H,1-3H3. The lowest BCUT2D eigenvalue weighted by Gasteiger charge is -2.15. The third-order valence-electron chi connectivity index (χ3n) is 5.54. The molecule has 0 atom stereocenters. The first kappa shape index (κ1) is 57.5. The van der Waals surface area contributed by atoms with E-state index in [4.69, 9.17) is 8.92 Å². The van der Waals surface area contributed by atoms with Gasteiger partial charge in [0.2, 0.25) is 5.75 Å². The minimum Gasteiger partial charge on any atom is -0.462 e. The number of carbonyl (C=O) groups excluding carboxylic acids is 1. The van der Waals surface area contributed by atoms with Crippen molar-refractivity contribution in [2.24, 2.45) is 0 Å². The van der Waals surface area contributed by atoms with Crippen molar-refractivity contribution in [3.63, 3.8) is 0 Å². The van der Waals surface area contributed by atoms with Crippen molar-refractivity contribution in [1.29, 1.82) is 0 Å². The summed E-state index contributed by atoms with van der Waals surface area (Å²) in [7, 11) is -26.3. The monoisotopic (exact) mass is 1070 g/mol. The average molecular weight is 1070 g/mol. The quantitative estimate of drug-likeness (QED) is 0.0386. The van der Waals surface area contributed by atoms with Crippen LogP contribution in [0.3, 0.4) is 0 Å². The molecule has 0 aliphatic carbocycles. The number of ether oxygens (including phenoxy) is 1. The molecule has 0 saturated heterocycles. The largest absolute Gasteiger partial charge is 0.462 e. The van der Waals surface area contributed by atoms with Crippen LogP contribution in [0.25, 0.3) is 0 Å². The van der Waals surface area contributed by atoms with E-state index in [0.717, 1.165) is 43.2 Å². The Morgan fingerprint density at radius 2 is 0.844 bits per heavy atom. The first-order valence-corrected chi connectivity index (χ1v) is 29.6. The summed E-state index contributed by atoms with van der Waals surface area (Å²) in [4.78, 5) is 16.2. The molecule has 26 nitrogen and oxygen atoms in total. The van der Waals surface area contributed by atoms with Crippen LogP contribution in [0.2, 0.25) is 0 Å². The number of rotatable bonds is 20. The zero-order chi connectivity index (χ0) is 49.7. The van der Waals surface area contributed by atoms with E-state index in [-0.39, 0.29) is 40.9 Å². The highest BCUT2D eigenvalue weighted by molar-refractivity contribution is 7.90. The lowest BCUT2D eigenvalue weighted by atomic mass is 10.2. The summed E-state index contributed by atoms with van der Waals surface area (Å²) in [5.74, 6) is -3.66. The highest BCUT2D eigenvalue weighted by Gasteiger charge is 2.27. The zero-order valence-corrected chi connectivity index (χ0v) is 41.2. The van der Waals surface area contributed by atoms with E-state index in [9.17, 15) is 63.7 Å². The van der Waals surface area contributed by atoms with E-state index < -0.39 is 94.0 Å². The maximum absolute atomic E-state index is 11.9. The van der Waals surface area contributed by atoms with E-state index >= 15 is 0 Å². The Morgan fingerprint density at radius 3 is 1.17 bits per heavy atom. The van der Waals surface area contributed by atoms with Crippen LogP contribution in [0.4, 0.5) is 0 Å². The fraction of sp³-hybridized carbons (Fsp3) is 0.367. The van der Waals surface area contributed by atoms with Gasteiger partial charge in [0.15, 0.2) is 11.5 Å². The number of hydrogen-bond acceptors (Lipinski definition) is 27. The molecule has 64 heavy (non-hydrogen) atoms. The van der Waals surface area contributed by atoms with Crippen molar-refractivity contribution in [1.82, 2.24) is 0 Å². The van der Waals surface area contributed by atoms with Gasteiger partial charge < -0.3 is 38.2 Å². The SMILES string of the molecule is CCOC(=O)c1cc(OS(C)(=O)=O)c(OS(C)(=O)=O)c(OS(C)(=O)=O)c1.COOSOc1cc(OS(C)(=O)=O)cc(OS(C)(=O)=O)c1.Cc1c(OS(C)(=O)=O)cccc1OS(C)(=O)=O. The van der Waals surface area contributed by atoms with Crippen molar-refractivity contribution in [2.75, 3.05) is 57.5 Å². The van der Waals surface area contributed by atoms with E-state index in [1.807, 2.05) is 0 Å². The number of esters is 1. The Bertz CT molecular complexity index is 2770. The number of benzene rings is 3. The molecule has 0 unspecified atom stereocenters. The van der Waals surface area contributed by atoms with Crippen LogP contribution < -0.4 is 33.5 Å². The van der Waals surface area contributed by atoms with Crippen LogP contribution in [-0.2, 0) is 84.8 Å². The summed E-state index contributed by atoms with van der Waals surface area (Å²) < 4.78 is 203. The van der Waals surface area contributed by atoms with Gasteiger partial charge in [0.1, 0.15) is 28.7 Å². The molecule has 3 rings (SSSR count). The van der Waals surface area contributed by atoms with Gasteiger partial charge in [0.05, 0.1) is 63.1 Å². The molecule has 0 bridgehead atoms. The van der Waals surface area contributed by atoms with Crippen LogP contribution in [0.1, 0.15) is 22.8 Å². The minimum absolute atomic E-state index is 0.0249. The van der Waals surface area contributed by atoms with Gasteiger partial charge in [-0.05, 0) is 26.0 Å². The molecule has 34 heteroatoms. The summed E-state index contributed by atoms with van der Waals surface area (Å²) >= 11 is 0.427. The molecule has 0 saturated carbocycles. The maximum atomic E-state index is 11.9. The predicted molar refractivity (Wildman–Crippen MR) is 225 cm³/mol. The Kier molecular flexibility index (Phi) is 20.7. The third kappa shape index (κ3) is 25.7. The number of hydrogen-bond donors (Lipinski definition) is 0. The highest BCUT2D eigenvalue weighted by Crippen LogP contribution is 2.41. The molecule has 0 N–H and O–H groups in total. The maximum Gasteiger partial charge on any atom is 0.338 e. The van der Waals surface area contributed by atoms with Crippen molar-refractivity contribution in [3.05, 3.63) is 59.7 Å². The Labute approximate surface area is 375 Å². The average Bonchev–Trinajstić information content (AvgIpc) is 3.04. The fourth-order valence-electron chi connectivity index (χ4n) is 3.81. The highest BCUT2D eigenvalue weighted by atomic mass is 32.2. The smallest absolute Gasteiger partial charge is 0.338 e. The van der Waals surface area contributed by atoms with Crippen molar-refractivity contribution < 1.29 is 111 Å². The van der Waals surface area contributed by atoms with Gasteiger partial charge in [-0.25, -0.2) is 9.68 Å². The Hall–Kier alpha value is -4.55. The van der Waals surface area contributed by atoms with Gasteiger partial charge in [0, 0.05) is 35.9 Å².